The minimum atomic E-state index is 0.385. The Balaban J connectivity index is 2.26. The van der Waals surface area contributed by atoms with E-state index >= 15 is 0 Å². The third-order valence-corrected chi connectivity index (χ3v) is 3.07. The number of rotatable bonds is 5. The van der Waals surface area contributed by atoms with Crippen molar-refractivity contribution in [2.24, 2.45) is 0 Å². The molecule has 2 aromatic rings. The number of hydrogen-bond donors (Lipinski definition) is 2. The lowest BCUT2D eigenvalue weighted by atomic mass is 10.3. The van der Waals surface area contributed by atoms with E-state index in [9.17, 15) is 0 Å². The van der Waals surface area contributed by atoms with E-state index in [4.69, 9.17) is 4.74 Å². The minimum Gasteiger partial charge on any atom is -0.377 e. The van der Waals surface area contributed by atoms with Crippen LogP contribution in [0.15, 0.2) is 30.3 Å². The van der Waals surface area contributed by atoms with Crippen LogP contribution in [-0.2, 0) is 11.3 Å². The maximum atomic E-state index is 5.07. The highest BCUT2D eigenvalue weighted by atomic mass is 127. The first-order valence-corrected chi connectivity index (χ1v) is 6.86. The molecule has 0 bridgehead atoms. The van der Waals surface area contributed by atoms with Crippen LogP contribution in [-0.4, -0.2) is 24.1 Å². The van der Waals surface area contributed by atoms with Crippen molar-refractivity contribution in [1.29, 1.82) is 0 Å². The van der Waals surface area contributed by atoms with Gasteiger partial charge in [-0.1, -0.05) is 6.07 Å². The molecule has 2 N–H and O–H groups in total. The fraction of sp³-hybridized carbons (Fsp3) is 0.231. The van der Waals surface area contributed by atoms with E-state index in [1.54, 1.807) is 7.11 Å². The van der Waals surface area contributed by atoms with E-state index in [1.165, 1.54) is 3.57 Å². The van der Waals surface area contributed by atoms with E-state index in [2.05, 4.69) is 49.3 Å². The smallest absolute Gasteiger partial charge is 0.158 e. The molecule has 0 aliphatic heterocycles. The average molecular weight is 370 g/mol. The van der Waals surface area contributed by atoms with Gasteiger partial charge >= 0.3 is 0 Å². The van der Waals surface area contributed by atoms with E-state index in [0.717, 1.165) is 17.3 Å². The summed E-state index contributed by atoms with van der Waals surface area (Å²) < 4.78 is 6.24. The SMILES string of the molecule is CNc1cc(Nc2cccc(I)c2)nc(COC)n1. The lowest BCUT2D eigenvalue weighted by molar-refractivity contribution is 0.178. The van der Waals surface area contributed by atoms with Crippen LogP contribution in [0.3, 0.4) is 0 Å². The number of benzene rings is 1. The first kappa shape index (κ1) is 14.0. The van der Waals surface area contributed by atoms with Gasteiger partial charge in [-0.25, -0.2) is 9.97 Å². The summed E-state index contributed by atoms with van der Waals surface area (Å²) in [6.07, 6.45) is 0. The Morgan fingerprint density at radius 2 is 2.00 bits per heavy atom. The molecule has 19 heavy (non-hydrogen) atoms. The standard InChI is InChI=1S/C13H15IN4O/c1-15-11-7-12(18-13(17-11)8-19-2)16-10-5-3-4-9(14)6-10/h3-7H,8H2,1-2H3,(H2,15,16,17,18). The summed E-state index contributed by atoms with van der Waals surface area (Å²) >= 11 is 2.28. The largest absolute Gasteiger partial charge is 0.377 e. The molecule has 1 aromatic carbocycles. The Hall–Kier alpha value is -1.41. The molecule has 0 unspecified atom stereocenters. The molecule has 0 saturated carbocycles. The molecule has 0 atom stereocenters. The predicted octanol–water partition coefficient (Wildman–Crippen LogP) is 3.01. The maximum absolute atomic E-state index is 5.07. The summed E-state index contributed by atoms with van der Waals surface area (Å²) in [6.45, 7) is 0.385. The summed E-state index contributed by atoms with van der Waals surface area (Å²) in [5.41, 5.74) is 0.996. The molecule has 1 heterocycles. The number of methoxy groups -OCH3 is 1. The first-order chi connectivity index (χ1) is 9.21. The van der Waals surface area contributed by atoms with E-state index in [0.29, 0.717) is 12.4 Å². The van der Waals surface area contributed by atoms with Gasteiger partial charge in [0.25, 0.3) is 0 Å². The van der Waals surface area contributed by atoms with Gasteiger partial charge in [0.05, 0.1) is 0 Å². The summed E-state index contributed by atoms with van der Waals surface area (Å²) in [5, 5.41) is 6.28. The maximum Gasteiger partial charge on any atom is 0.158 e. The van der Waals surface area contributed by atoms with Gasteiger partial charge in [0.15, 0.2) is 5.82 Å². The molecule has 1 aromatic heterocycles. The van der Waals surface area contributed by atoms with Crippen LogP contribution in [0, 0.1) is 3.57 Å². The van der Waals surface area contributed by atoms with Gasteiger partial charge in [-0.3, -0.25) is 0 Å². The zero-order valence-electron chi connectivity index (χ0n) is 10.8. The second kappa shape index (κ2) is 6.67. The van der Waals surface area contributed by atoms with E-state index in [1.807, 2.05) is 31.3 Å². The zero-order chi connectivity index (χ0) is 13.7. The number of nitrogens with zero attached hydrogens (tertiary/aromatic N) is 2. The van der Waals surface area contributed by atoms with Gasteiger partial charge in [0.2, 0.25) is 0 Å². The third-order valence-electron chi connectivity index (χ3n) is 2.40. The number of aromatic nitrogens is 2. The van der Waals surface area contributed by atoms with Crippen molar-refractivity contribution in [3.05, 3.63) is 39.7 Å². The Bertz CT molecular complexity index is 562. The summed E-state index contributed by atoms with van der Waals surface area (Å²) in [6, 6.07) is 9.96. The van der Waals surface area contributed by atoms with Crippen LogP contribution in [0.4, 0.5) is 17.3 Å². The van der Waals surface area contributed by atoms with Crippen LogP contribution in [0.2, 0.25) is 0 Å². The molecule has 0 aliphatic rings. The van der Waals surface area contributed by atoms with Crippen LogP contribution in [0.1, 0.15) is 5.82 Å². The fourth-order valence-corrected chi connectivity index (χ4v) is 2.14. The molecule has 5 nitrogen and oxygen atoms in total. The minimum absolute atomic E-state index is 0.385. The van der Waals surface area contributed by atoms with Crippen LogP contribution >= 0.6 is 22.6 Å². The number of anilines is 3. The Labute approximate surface area is 125 Å². The van der Waals surface area contributed by atoms with Gasteiger partial charge in [0, 0.05) is 29.5 Å². The Morgan fingerprint density at radius 3 is 2.68 bits per heavy atom. The molecule has 0 aliphatic carbocycles. The molecule has 0 fully saturated rings. The molecule has 0 spiro atoms. The summed E-state index contributed by atoms with van der Waals surface area (Å²) in [4.78, 5) is 8.72. The van der Waals surface area contributed by atoms with Crippen LogP contribution in [0.5, 0.6) is 0 Å². The lowest BCUT2D eigenvalue weighted by Gasteiger charge is -2.09. The quantitative estimate of drug-likeness (QED) is 0.793. The second-order valence-electron chi connectivity index (χ2n) is 3.87. The monoisotopic (exact) mass is 370 g/mol. The summed E-state index contributed by atoms with van der Waals surface area (Å²) in [7, 11) is 3.45. The predicted molar refractivity (Wildman–Crippen MR) is 84.7 cm³/mol. The van der Waals surface area contributed by atoms with Gasteiger partial charge in [-0.15, -0.1) is 0 Å². The topological polar surface area (TPSA) is 59.1 Å². The molecule has 2 rings (SSSR count). The van der Waals surface area contributed by atoms with Crippen molar-refractivity contribution in [3.63, 3.8) is 0 Å². The van der Waals surface area contributed by atoms with Gasteiger partial charge in [-0.2, -0.15) is 0 Å². The lowest BCUT2D eigenvalue weighted by Crippen LogP contribution is -2.04. The van der Waals surface area contributed by atoms with E-state index in [-0.39, 0.29) is 0 Å². The highest BCUT2D eigenvalue weighted by molar-refractivity contribution is 14.1. The molecule has 100 valence electrons. The fourth-order valence-electron chi connectivity index (χ4n) is 1.60. The van der Waals surface area contributed by atoms with Crippen LogP contribution in [0.25, 0.3) is 0 Å². The highest BCUT2D eigenvalue weighted by Crippen LogP contribution is 2.19. The van der Waals surface area contributed by atoms with Crippen molar-refractivity contribution in [2.75, 3.05) is 24.8 Å². The third kappa shape index (κ3) is 4.03. The van der Waals surface area contributed by atoms with E-state index < -0.39 is 0 Å². The first-order valence-electron chi connectivity index (χ1n) is 5.78. The number of ether oxygens (including phenoxy) is 1. The molecular formula is C13H15IN4O. The molecule has 0 radical (unpaired) electrons. The highest BCUT2D eigenvalue weighted by Gasteiger charge is 2.04. The number of halogens is 1. The van der Waals surface area contributed by atoms with Gasteiger partial charge < -0.3 is 15.4 Å². The van der Waals surface area contributed by atoms with Crippen molar-refractivity contribution < 1.29 is 4.74 Å². The molecular weight excluding hydrogens is 355 g/mol. The Morgan fingerprint density at radius 1 is 1.21 bits per heavy atom. The normalized spacial score (nSPS) is 10.3. The van der Waals surface area contributed by atoms with Crippen molar-refractivity contribution in [3.8, 4) is 0 Å². The zero-order valence-corrected chi connectivity index (χ0v) is 12.9. The number of nitrogens with one attached hydrogen (secondary N) is 2. The Kier molecular flexibility index (Phi) is 4.92. The van der Waals surface area contributed by atoms with Crippen molar-refractivity contribution in [1.82, 2.24) is 9.97 Å². The van der Waals surface area contributed by atoms with Crippen molar-refractivity contribution in [2.45, 2.75) is 6.61 Å². The number of hydrogen-bond acceptors (Lipinski definition) is 5. The van der Waals surface area contributed by atoms with Gasteiger partial charge in [0.1, 0.15) is 18.2 Å². The molecule has 6 heteroatoms. The van der Waals surface area contributed by atoms with Gasteiger partial charge in [-0.05, 0) is 40.8 Å². The average Bonchev–Trinajstić information content (AvgIpc) is 2.39. The second-order valence-corrected chi connectivity index (χ2v) is 5.12. The molecule has 0 saturated heterocycles. The molecule has 0 amide bonds. The van der Waals surface area contributed by atoms with Crippen molar-refractivity contribution >= 4 is 39.9 Å². The van der Waals surface area contributed by atoms with Crippen LogP contribution < -0.4 is 10.6 Å². The summed E-state index contributed by atoms with van der Waals surface area (Å²) in [5.74, 6) is 2.14.